The first kappa shape index (κ1) is 6.74. The molecular weight excluding hydrogens is 128 g/mol. The van der Waals surface area contributed by atoms with Crippen LogP contribution in [0.2, 0.25) is 0 Å². The van der Waals surface area contributed by atoms with Gasteiger partial charge in [0.1, 0.15) is 0 Å². The van der Waals surface area contributed by atoms with Crippen LogP contribution in [0.5, 0.6) is 0 Å². The normalized spacial score (nSPS) is 10.5. The molecule has 0 aliphatic carbocycles. The molecule has 0 amide bonds. The van der Waals surface area contributed by atoms with Crippen molar-refractivity contribution in [3.63, 3.8) is 0 Å². The highest BCUT2D eigenvalue weighted by atomic mass is 16.4. The lowest BCUT2D eigenvalue weighted by atomic mass is 10.2. The first-order valence-electron chi connectivity index (χ1n) is 2.92. The zero-order chi connectivity index (χ0) is 7.40. The molecular formula is C7H8N2O. The molecule has 3 heteroatoms. The molecule has 0 saturated carbocycles. The lowest BCUT2D eigenvalue weighted by Crippen LogP contribution is -1.84. The van der Waals surface area contributed by atoms with E-state index < -0.39 is 0 Å². The molecule has 52 valence electrons. The molecule has 1 N–H and O–H groups in total. The number of pyridine rings is 1. The van der Waals surface area contributed by atoms with Gasteiger partial charge in [-0.1, -0.05) is 5.16 Å². The number of nitrogens with zero attached hydrogens (tertiary/aromatic N) is 2. The van der Waals surface area contributed by atoms with Crippen molar-refractivity contribution in [3.8, 4) is 0 Å². The summed E-state index contributed by atoms with van der Waals surface area (Å²) in [6.45, 7) is 1.93. The van der Waals surface area contributed by atoms with Gasteiger partial charge in [-0.2, -0.15) is 0 Å². The van der Waals surface area contributed by atoms with Gasteiger partial charge < -0.3 is 5.21 Å². The van der Waals surface area contributed by atoms with Gasteiger partial charge in [0.15, 0.2) is 0 Å². The molecule has 10 heavy (non-hydrogen) atoms. The molecule has 0 fully saturated rings. The Morgan fingerprint density at radius 2 is 2.40 bits per heavy atom. The van der Waals surface area contributed by atoms with Crippen molar-refractivity contribution < 1.29 is 5.21 Å². The van der Waals surface area contributed by atoms with E-state index in [-0.39, 0.29) is 0 Å². The maximum Gasteiger partial charge on any atom is 0.0749 e. The zero-order valence-electron chi connectivity index (χ0n) is 5.65. The fraction of sp³-hybridized carbons (Fsp3) is 0.143. The van der Waals surface area contributed by atoms with Gasteiger partial charge in [0.2, 0.25) is 0 Å². The van der Waals surface area contributed by atoms with Crippen molar-refractivity contribution in [2.24, 2.45) is 5.16 Å². The van der Waals surface area contributed by atoms with E-state index in [0.29, 0.717) is 0 Å². The van der Waals surface area contributed by atoms with Gasteiger partial charge in [0, 0.05) is 18.0 Å². The molecule has 1 heterocycles. The molecule has 1 aromatic heterocycles. The summed E-state index contributed by atoms with van der Waals surface area (Å²) in [5, 5.41) is 11.0. The monoisotopic (exact) mass is 136 g/mol. The van der Waals surface area contributed by atoms with Gasteiger partial charge in [-0.05, 0) is 18.6 Å². The van der Waals surface area contributed by atoms with Crippen LogP contribution in [0.15, 0.2) is 23.6 Å². The van der Waals surface area contributed by atoms with Gasteiger partial charge in [-0.25, -0.2) is 0 Å². The number of aryl methyl sites for hydroxylation is 1. The van der Waals surface area contributed by atoms with Crippen LogP contribution >= 0.6 is 0 Å². The van der Waals surface area contributed by atoms with Crippen LogP contribution in [0, 0.1) is 6.92 Å². The van der Waals surface area contributed by atoms with Gasteiger partial charge >= 0.3 is 0 Å². The SMILES string of the molecule is Cc1cncc(/C=N/O)c1. The second kappa shape index (κ2) is 2.96. The van der Waals surface area contributed by atoms with Crippen LogP contribution in [-0.2, 0) is 0 Å². The van der Waals surface area contributed by atoms with E-state index in [9.17, 15) is 0 Å². The van der Waals surface area contributed by atoms with Crippen molar-refractivity contribution in [2.45, 2.75) is 6.92 Å². The molecule has 0 atom stereocenters. The van der Waals surface area contributed by atoms with Crippen molar-refractivity contribution in [1.82, 2.24) is 4.98 Å². The minimum Gasteiger partial charge on any atom is -0.411 e. The maximum absolute atomic E-state index is 8.15. The van der Waals surface area contributed by atoms with E-state index in [0.717, 1.165) is 11.1 Å². The minimum atomic E-state index is 0.808. The quantitative estimate of drug-likeness (QED) is 0.358. The zero-order valence-corrected chi connectivity index (χ0v) is 5.65. The van der Waals surface area contributed by atoms with Crippen molar-refractivity contribution in [3.05, 3.63) is 29.6 Å². The van der Waals surface area contributed by atoms with Gasteiger partial charge in [0.25, 0.3) is 0 Å². The van der Waals surface area contributed by atoms with Crippen molar-refractivity contribution in [1.29, 1.82) is 0 Å². The molecule has 1 aromatic rings. The smallest absolute Gasteiger partial charge is 0.0749 e. The van der Waals surface area contributed by atoms with Crippen LogP contribution in [0.3, 0.4) is 0 Å². The molecule has 0 aliphatic heterocycles. The van der Waals surface area contributed by atoms with Crippen LogP contribution < -0.4 is 0 Å². The number of oxime groups is 1. The third-order valence-corrected chi connectivity index (χ3v) is 1.10. The third-order valence-electron chi connectivity index (χ3n) is 1.10. The number of hydrogen-bond acceptors (Lipinski definition) is 3. The Morgan fingerprint density at radius 3 is 3.00 bits per heavy atom. The molecule has 0 spiro atoms. The minimum absolute atomic E-state index is 0.808. The molecule has 1 rings (SSSR count). The van der Waals surface area contributed by atoms with Crippen molar-refractivity contribution in [2.75, 3.05) is 0 Å². The molecule has 0 saturated heterocycles. The summed E-state index contributed by atoms with van der Waals surface area (Å²) >= 11 is 0. The second-order valence-electron chi connectivity index (χ2n) is 2.04. The largest absolute Gasteiger partial charge is 0.411 e. The number of rotatable bonds is 1. The average Bonchev–Trinajstić information content (AvgIpc) is 1.88. The molecule has 0 aromatic carbocycles. The number of hydrogen-bond donors (Lipinski definition) is 1. The summed E-state index contributed by atoms with van der Waals surface area (Å²) in [5.74, 6) is 0. The Balaban J connectivity index is 2.95. The van der Waals surface area contributed by atoms with E-state index in [4.69, 9.17) is 5.21 Å². The predicted octanol–water partition coefficient (Wildman–Crippen LogP) is 1.20. The van der Waals surface area contributed by atoms with E-state index in [1.807, 2.05) is 13.0 Å². The molecule has 0 aliphatic rings. The third kappa shape index (κ3) is 1.55. The van der Waals surface area contributed by atoms with Gasteiger partial charge in [-0.3, -0.25) is 4.98 Å². The molecule has 0 bridgehead atoms. The highest BCUT2D eigenvalue weighted by Gasteiger charge is 1.87. The predicted molar refractivity (Wildman–Crippen MR) is 38.4 cm³/mol. The molecule has 3 nitrogen and oxygen atoms in total. The fourth-order valence-corrected chi connectivity index (χ4v) is 0.716. The highest BCUT2D eigenvalue weighted by molar-refractivity contribution is 5.78. The average molecular weight is 136 g/mol. The van der Waals surface area contributed by atoms with Crippen LogP contribution in [0.25, 0.3) is 0 Å². The molecule has 0 radical (unpaired) electrons. The second-order valence-corrected chi connectivity index (χ2v) is 2.04. The lowest BCUT2D eigenvalue weighted by molar-refractivity contribution is 0.322. The number of aromatic nitrogens is 1. The van der Waals surface area contributed by atoms with Crippen LogP contribution in [0.4, 0.5) is 0 Å². The van der Waals surface area contributed by atoms with Crippen LogP contribution in [-0.4, -0.2) is 16.4 Å². The standard InChI is InChI=1S/C7H8N2O/c1-6-2-7(5-9-10)4-8-3-6/h2-5,10H,1H3/b9-5+. The summed E-state index contributed by atoms with van der Waals surface area (Å²) in [7, 11) is 0. The highest BCUT2D eigenvalue weighted by Crippen LogP contribution is 1.96. The van der Waals surface area contributed by atoms with E-state index >= 15 is 0 Å². The van der Waals surface area contributed by atoms with E-state index in [1.54, 1.807) is 12.4 Å². The Kier molecular flexibility index (Phi) is 1.99. The first-order chi connectivity index (χ1) is 4.83. The maximum atomic E-state index is 8.15. The Labute approximate surface area is 59.0 Å². The first-order valence-corrected chi connectivity index (χ1v) is 2.92. The summed E-state index contributed by atoms with van der Waals surface area (Å²) < 4.78 is 0. The summed E-state index contributed by atoms with van der Waals surface area (Å²) in [6.07, 6.45) is 4.72. The van der Waals surface area contributed by atoms with Gasteiger partial charge in [-0.15, -0.1) is 0 Å². The Bertz CT molecular complexity index is 245. The lowest BCUT2D eigenvalue weighted by Gasteiger charge is -1.91. The Hall–Kier alpha value is -1.38. The summed E-state index contributed by atoms with van der Waals surface area (Å²) in [6, 6.07) is 1.88. The fourth-order valence-electron chi connectivity index (χ4n) is 0.716. The van der Waals surface area contributed by atoms with E-state index in [1.165, 1.54) is 6.21 Å². The van der Waals surface area contributed by atoms with Crippen LogP contribution in [0.1, 0.15) is 11.1 Å². The summed E-state index contributed by atoms with van der Waals surface area (Å²) in [5.41, 5.74) is 1.86. The molecule has 0 unspecified atom stereocenters. The topological polar surface area (TPSA) is 45.5 Å². The van der Waals surface area contributed by atoms with Gasteiger partial charge in [0.05, 0.1) is 6.21 Å². The van der Waals surface area contributed by atoms with E-state index in [2.05, 4.69) is 10.1 Å². The Morgan fingerprint density at radius 1 is 1.60 bits per heavy atom. The summed E-state index contributed by atoms with van der Waals surface area (Å²) in [4.78, 5) is 3.90. The van der Waals surface area contributed by atoms with Crippen molar-refractivity contribution >= 4 is 6.21 Å².